The maximum atomic E-state index is 13.1. The lowest BCUT2D eigenvalue weighted by Gasteiger charge is -2.44. The third-order valence-electron chi connectivity index (χ3n) is 6.03. The minimum Gasteiger partial charge on any atom is -0.368 e. The van der Waals surface area contributed by atoms with E-state index in [2.05, 4.69) is 4.98 Å². The van der Waals surface area contributed by atoms with Gasteiger partial charge in [0.25, 0.3) is 5.91 Å². The number of carbonyl (C=O) groups excluding carboxylic acids is 1. The van der Waals surface area contributed by atoms with Crippen molar-refractivity contribution in [1.82, 2.24) is 19.4 Å². The lowest BCUT2D eigenvalue weighted by Crippen LogP contribution is -2.49. The molecule has 1 saturated heterocycles. The third kappa shape index (κ3) is 3.42. The van der Waals surface area contributed by atoms with Gasteiger partial charge in [0.05, 0.1) is 12.3 Å². The fraction of sp³-hybridized carbons (Fsp3) is 0.524. The van der Waals surface area contributed by atoms with Crippen LogP contribution in [0.3, 0.4) is 0 Å². The van der Waals surface area contributed by atoms with Gasteiger partial charge in [-0.15, -0.1) is 0 Å². The van der Waals surface area contributed by atoms with Crippen molar-refractivity contribution in [1.29, 1.82) is 0 Å². The number of likely N-dealkylation sites (tertiary alicyclic amines) is 1. The molecule has 8 heteroatoms. The van der Waals surface area contributed by atoms with E-state index in [1.165, 1.54) is 12.1 Å². The van der Waals surface area contributed by atoms with Crippen molar-refractivity contribution in [2.45, 2.75) is 31.8 Å². The fourth-order valence-corrected chi connectivity index (χ4v) is 4.20. The molecule has 0 N–H and O–H groups in total. The molecule has 2 aromatic rings. The number of hydrogen-bond donors (Lipinski definition) is 0. The van der Waals surface area contributed by atoms with Gasteiger partial charge in [0.2, 0.25) is 5.95 Å². The number of aryl methyl sites for hydroxylation is 1. The zero-order valence-electron chi connectivity index (χ0n) is 17.4. The molecule has 29 heavy (non-hydrogen) atoms. The Bertz CT molecular complexity index is 1010. The fourth-order valence-electron chi connectivity index (χ4n) is 4.20. The average molecular weight is 397 g/mol. The summed E-state index contributed by atoms with van der Waals surface area (Å²) in [5, 5.41) is 0. The molecule has 0 unspecified atom stereocenters. The molecule has 0 saturated carbocycles. The molecule has 4 heterocycles. The van der Waals surface area contributed by atoms with Crippen molar-refractivity contribution in [2.24, 2.45) is 7.05 Å². The monoisotopic (exact) mass is 397 g/mol. The van der Waals surface area contributed by atoms with E-state index in [1.54, 1.807) is 4.57 Å². The summed E-state index contributed by atoms with van der Waals surface area (Å²) in [6.07, 6.45) is 4.06. The summed E-state index contributed by atoms with van der Waals surface area (Å²) < 4.78 is 8.04. The van der Waals surface area contributed by atoms with E-state index in [0.29, 0.717) is 44.2 Å². The van der Waals surface area contributed by atoms with E-state index in [4.69, 9.17) is 9.72 Å². The average Bonchev–Trinajstić information content (AvgIpc) is 2.71. The van der Waals surface area contributed by atoms with Crippen molar-refractivity contribution in [3.63, 3.8) is 0 Å². The molecule has 2 aliphatic heterocycles. The van der Waals surface area contributed by atoms with E-state index in [-0.39, 0.29) is 11.3 Å². The van der Waals surface area contributed by atoms with Crippen LogP contribution >= 0.6 is 0 Å². The summed E-state index contributed by atoms with van der Waals surface area (Å²) in [7, 11) is 5.66. The van der Waals surface area contributed by atoms with Crippen LogP contribution in [-0.2, 0) is 23.8 Å². The van der Waals surface area contributed by atoms with Gasteiger partial charge in [0.1, 0.15) is 11.3 Å². The van der Waals surface area contributed by atoms with Gasteiger partial charge in [-0.25, -0.2) is 9.97 Å². The van der Waals surface area contributed by atoms with E-state index < -0.39 is 5.60 Å². The Hall–Kier alpha value is -2.74. The predicted octanol–water partition coefficient (Wildman–Crippen LogP) is 1.25. The van der Waals surface area contributed by atoms with Gasteiger partial charge < -0.3 is 19.1 Å². The minimum atomic E-state index is -0.476. The lowest BCUT2D eigenvalue weighted by molar-refractivity contribution is -0.0967. The summed E-state index contributed by atoms with van der Waals surface area (Å²) in [4.78, 5) is 37.9. The third-order valence-corrected chi connectivity index (χ3v) is 6.03. The number of carbonyl (C=O) groups is 1. The highest BCUT2D eigenvalue weighted by Gasteiger charge is 2.43. The molecular weight excluding hydrogens is 370 g/mol. The molecule has 2 aliphatic rings. The number of hydrogen-bond acceptors (Lipinski definition) is 6. The summed E-state index contributed by atoms with van der Waals surface area (Å²) in [5.41, 5.74) is 2.66. The maximum absolute atomic E-state index is 13.1. The summed E-state index contributed by atoms with van der Waals surface area (Å²) in [5.74, 6) is 0.553. The summed E-state index contributed by atoms with van der Waals surface area (Å²) in [6, 6.07) is 2.96. The molecule has 4 rings (SSSR count). The molecule has 1 amide bonds. The first-order chi connectivity index (χ1) is 13.8. The second kappa shape index (κ2) is 7.26. The topological polar surface area (TPSA) is 80.6 Å². The van der Waals surface area contributed by atoms with Crippen LogP contribution in [0, 0.1) is 6.92 Å². The van der Waals surface area contributed by atoms with Gasteiger partial charge in [0, 0.05) is 58.3 Å². The van der Waals surface area contributed by atoms with E-state index in [0.717, 1.165) is 23.4 Å². The Morgan fingerprint density at radius 1 is 1.24 bits per heavy atom. The number of piperidine rings is 1. The molecule has 0 aliphatic carbocycles. The Morgan fingerprint density at radius 3 is 2.66 bits per heavy atom. The second-order valence-electron chi connectivity index (χ2n) is 8.10. The molecule has 2 aromatic heterocycles. The van der Waals surface area contributed by atoms with Crippen LogP contribution in [0.15, 0.2) is 23.1 Å². The van der Waals surface area contributed by atoms with Gasteiger partial charge in [-0.2, -0.15) is 0 Å². The first-order valence-electron chi connectivity index (χ1n) is 9.95. The number of fused-ring (bicyclic) bond motifs is 2. The number of amides is 1. The van der Waals surface area contributed by atoms with Crippen molar-refractivity contribution < 1.29 is 9.53 Å². The molecule has 1 fully saturated rings. The highest BCUT2D eigenvalue weighted by Crippen LogP contribution is 2.41. The molecule has 154 valence electrons. The summed E-state index contributed by atoms with van der Waals surface area (Å²) in [6.45, 7) is 3.58. The smallest absolute Gasteiger partial charge is 0.270 e. The normalized spacial score (nSPS) is 17.9. The van der Waals surface area contributed by atoms with Crippen LogP contribution in [0.2, 0.25) is 0 Å². The first kappa shape index (κ1) is 19.6. The van der Waals surface area contributed by atoms with Crippen LogP contribution in [0.4, 0.5) is 5.95 Å². The molecule has 0 aromatic carbocycles. The minimum absolute atomic E-state index is 0.115. The van der Waals surface area contributed by atoms with Crippen LogP contribution in [0.25, 0.3) is 0 Å². The quantitative estimate of drug-likeness (QED) is 0.759. The van der Waals surface area contributed by atoms with Crippen LogP contribution in [-0.4, -0.2) is 59.1 Å². The molecule has 0 atom stereocenters. The number of anilines is 1. The van der Waals surface area contributed by atoms with E-state index in [9.17, 15) is 9.59 Å². The number of rotatable bonds is 2. The summed E-state index contributed by atoms with van der Waals surface area (Å²) >= 11 is 0. The molecule has 0 radical (unpaired) electrons. The number of aromatic nitrogens is 3. The van der Waals surface area contributed by atoms with Crippen LogP contribution < -0.4 is 10.3 Å². The zero-order valence-corrected chi connectivity index (χ0v) is 17.4. The van der Waals surface area contributed by atoms with Gasteiger partial charge in [-0.05, 0) is 31.7 Å². The van der Waals surface area contributed by atoms with Crippen molar-refractivity contribution in [2.75, 3.05) is 38.7 Å². The second-order valence-corrected chi connectivity index (χ2v) is 8.10. The Morgan fingerprint density at radius 2 is 1.97 bits per heavy atom. The van der Waals surface area contributed by atoms with Crippen LogP contribution in [0.1, 0.15) is 40.3 Å². The van der Waals surface area contributed by atoms with E-state index >= 15 is 0 Å². The Balaban J connectivity index is 1.59. The largest absolute Gasteiger partial charge is 0.368 e. The molecule has 0 bridgehead atoms. The van der Waals surface area contributed by atoms with Gasteiger partial charge in [-0.1, -0.05) is 0 Å². The van der Waals surface area contributed by atoms with Gasteiger partial charge in [-0.3, -0.25) is 9.59 Å². The van der Waals surface area contributed by atoms with Crippen molar-refractivity contribution in [3.05, 3.63) is 51.2 Å². The highest BCUT2D eigenvalue weighted by molar-refractivity contribution is 5.92. The van der Waals surface area contributed by atoms with Crippen molar-refractivity contribution >= 4 is 11.9 Å². The van der Waals surface area contributed by atoms with Gasteiger partial charge in [0.15, 0.2) is 5.43 Å². The molecule has 8 nitrogen and oxygen atoms in total. The standard InChI is InChI=1S/C21H27N5O3/c1-14-11-16(27)12-17(25(14)4)19(28)26-8-6-21(7-9-26)18-15(5-10-29-21)13-22-20(23-18)24(2)3/h11-13H,5-10H2,1-4H3. The maximum Gasteiger partial charge on any atom is 0.270 e. The lowest BCUT2D eigenvalue weighted by atomic mass is 9.83. The predicted molar refractivity (Wildman–Crippen MR) is 109 cm³/mol. The van der Waals surface area contributed by atoms with Crippen LogP contribution in [0.5, 0.6) is 0 Å². The Kier molecular flexibility index (Phi) is 4.90. The van der Waals surface area contributed by atoms with Gasteiger partial charge >= 0.3 is 0 Å². The first-order valence-corrected chi connectivity index (χ1v) is 9.95. The highest BCUT2D eigenvalue weighted by atomic mass is 16.5. The zero-order chi connectivity index (χ0) is 20.8. The van der Waals surface area contributed by atoms with E-state index in [1.807, 2.05) is 44.1 Å². The molecule has 1 spiro atoms. The Labute approximate surface area is 170 Å². The number of nitrogens with zero attached hydrogens (tertiary/aromatic N) is 5. The molecular formula is C21H27N5O3. The van der Waals surface area contributed by atoms with Crippen molar-refractivity contribution in [3.8, 4) is 0 Å². The number of ether oxygens (including phenoxy) is 1. The number of pyridine rings is 1. The SMILES string of the molecule is Cc1cc(=O)cc(C(=O)N2CCC3(CC2)OCCc2cnc(N(C)C)nc23)n1C.